The molecule has 3 atom stereocenters. The van der Waals surface area contributed by atoms with Gasteiger partial charge in [0.05, 0.1) is 0 Å². The van der Waals surface area contributed by atoms with Crippen LogP contribution in [0.2, 0.25) is 0 Å². The molecule has 0 aliphatic heterocycles. The van der Waals surface area contributed by atoms with Crippen molar-refractivity contribution in [1.82, 2.24) is 5.32 Å². The van der Waals surface area contributed by atoms with Gasteiger partial charge in [-0.05, 0) is 37.1 Å². The van der Waals surface area contributed by atoms with Crippen molar-refractivity contribution in [2.45, 2.75) is 45.2 Å². The number of rotatable bonds is 3. The van der Waals surface area contributed by atoms with Crippen molar-refractivity contribution in [3.63, 3.8) is 0 Å². The van der Waals surface area contributed by atoms with Crippen LogP contribution in [0.1, 0.15) is 44.0 Å². The summed E-state index contributed by atoms with van der Waals surface area (Å²) in [5.74, 6) is 0.859. The lowest BCUT2D eigenvalue weighted by atomic mass is 10.1. The van der Waals surface area contributed by atoms with Crippen molar-refractivity contribution in [2.75, 3.05) is 0 Å². The Labute approximate surface area is 90.5 Å². The van der Waals surface area contributed by atoms with Gasteiger partial charge in [0.25, 0.3) is 0 Å². The summed E-state index contributed by atoms with van der Waals surface area (Å²) in [6.45, 7) is 4.64. The molecule has 1 aromatic rings. The highest BCUT2D eigenvalue weighted by atomic mass is 32.1. The lowest BCUT2D eigenvalue weighted by molar-refractivity contribution is 0.391. The molecular formula is C12H19NS. The fourth-order valence-corrected chi connectivity index (χ4v) is 3.08. The van der Waals surface area contributed by atoms with E-state index in [0.717, 1.165) is 12.0 Å². The van der Waals surface area contributed by atoms with Gasteiger partial charge in [-0.1, -0.05) is 19.4 Å². The van der Waals surface area contributed by atoms with Crippen molar-refractivity contribution in [3.8, 4) is 0 Å². The first-order valence-corrected chi connectivity index (χ1v) is 6.45. The summed E-state index contributed by atoms with van der Waals surface area (Å²) in [6, 6.07) is 5.63. The summed E-state index contributed by atoms with van der Waals surface area (Å²) in [5, 5.41) is 5.90. The zero-order valence-electron chi connectivity index (χ0n) is 8.99. The molecule has 78 valence electrons. The second-order valence-corrected chi connectivity index (χ2v) is 5.40. The van der Waals surface area contributed by atoms with E-state index in [1.807, 2.05) is 11.3 Å². The molecule has 1 nitrogen and oxygen atoms in total. The normalized spacial score (nSPS) is 29.3. The van der Waals surface area contributed by atoms with Crippen LogP contribution in [0.25, 0.3) is 0 Å². The third-order valence-corrected chi connectivity index (χ3v) is 4.35. The van der Waals surface area contributed by atoms with Crippen LogP contribution in [0, 0.1) is 5.92 Å². The largest absolute Gasteiger partial charge is 0.306 e. The number of thiophene rings is 1. The molecule has 1 fully saturated rings. The van der Waals surface area contributed by atoms with Gasteiger partial charge < -0.3 is 5.32 Å². The Kier molecular flexibility index (Phi) is 3.24. The fourth-order valence-electron chi connectivity index (χ4n) is 2.33. The lowest BCUT2D eigenvalue weighted by Gasteiger charge is -2.22. The maximum Gasteiger partial charge on any atom is 0.0388 e. The minimum atomic E-state index is 0.528. The first-order valence-electron chi connectivity index (χ1n) is 5.57. The Balaban J connectivity index is 1.91. The Bertz CT molecular complexity index is 268. The predicted molar refractivity (Wildman–Crippen MR) is 62.7 cm³/mol. The van der Waals surface area contributed by atoms with Gasteiger partial charge in [-0.25, -0.2) is 0 Å². The van der Waals surface area contributed by atoms with Gasteiger partial charge >= 0.3 is 0 Å². The van der Waals surface area contributed by atoms with Gasteiger partial charge in [0.1, 0.15) is 0 Å². The van der Waals surface area contributed by atoms with E-state index in [2.05, 4.69) is 36.7 Å². The van der Waals surface area contributed by atoms with Crippen LogP contribution in [0.4, 0.5) is 0 Å². The highest BCUT2D eigenvalue weighted by molar-refractivity contribution is 7.10. The zero-order chi connectivity index (χ0) is 9.97. The van der Waals surface area contributed by atoms with Crippen LogP contribution < -0.4 is 5.32 Å². The number of hydrogen-bond acceptors (Lipinski definition) is 2. The SMILES string of the molecule is CC1CCCC1N[C@H](C)c1cccs1. The highest BCUT2D eigenvalue weighted by Crippen LogP contribution is 2.28. The second-order valence-electron chi connectivity index (χ2n) is 4.42. The molecule has 1 saturated carbocycles. The van der Waals surface area contributed by atoms with Crippen molar-refractivity contribution in [1.29, 1.82) is 0 Å². The quantitative estimate of drug-likeness (QED) is 0.802. The van der Waals surface area contributed by atoms with Gasteiger partial charge in [-0.3, -0.25) is 0 Å². The molecule has 2 unspecified atom stereocenters. The first-order chi connectivity index (χ1) is 6.77. The molecule has 0 amide bonds. The fraction of sp³-hybridized carbons (Fsp3) is 0.667. The van der Waals surface area contributed by atoms with Crippen molar-refractivity contribution >= 4 is 11.3 Å². The topological polar surface area (TPSA) is 12.0 Å². The molecular weight excluding hydrogens is 190 g/mol. The molecule has 1 N–H and O–H groups in total. The van der Waals surface area contributed by atoms with Gasteiger partial charge in [-0.2, -0.15) is 0 Å². The average Bonchev–Trinajstić information content (AvgIpc) is 2.77. The van der Waals surface area contributed by atoms with Crippen molar-refractivity contribution in [2.24, 2.45) is 5.92 Å². The molecule has 1 aliphatic carbocycles. The predicted octanol–water partition coefficient (Wildman–Crippen LogP) is 3.59. The molecule has 0 radical (unpaired) electrons. The Morgan fingerprint density at radius 2 is 2.36 bits per heavy atom. The monoisotopic (exact) mass is 209 g/mol. The van der Waals surface area contributed by atoms with Gasteiger partial charge in [0.2, 0.25) is 0 Å². The van der Waals surface area contributed by atoms with E-state index in [1.54, 1.807) is 0 Å². The van der Waals surface area contributed by atoms with E-state index in [0.29, 0.717) is 6.04 Å². The molecule has 0 aromatic carbocycles. The number of nitrogens with one attached hydrogen (secondary N) is 1. The molecule has 0 saturated heterocycles. The zero-order valence-corrected chi connectivity index (χ0v) is 9.81. The van der Waals surface area contributed by atoms with E-state index in [9.17, 15) is 0 Å². The Hall–Kier alpha value is -0.340. The summed E-state index contributed by atoms with van der Waals surface area (Å²) in [7, 11) is 0. The standard InChI is InChI=1S/C12H19NS/c1-9-5-3-6-11(9)13-10(2)12-7-4-8-14-12/h4,7-11,13H,3,5-6H2,1-2H3/t9?,10-,11?/m1/s1. The molecule has 2 heteroatoms. The summed E-state index contributed by atoms with van der Waals surface area (Å²) in [4.78, 5) is 1.46. The molecule has 14 heavy (non-hydrogen) atoms. The lowest BCUT2D eigenvalue weighted by Crippen LogP contribution is -2.32. The second kappa shape index (κ2) is 4.45. The Morgan fingerprint density at radius 1 is 1.50 bits per heavy atom. The molecule has 0 bridgehead atoms. The minimum absolute atomic E-state index is 0.528. The van der Waals surface area contributed by atoms with Crippen LogP contribution in [0.3, 0.4) is 0 Å². The molecule has 1 heterocycles. The summed E-state index contributed by atoms with van der Waals surface area (Å²) < 4.78 is 0. The van der Waals surface area contributed by atoms with Crippen molar-refractivity contribution in [3.05, 3.63) is 22.4 Å². The van der Waals surface area contributed by atoms with Crippen LogP contribution >= 0.6 is 11.3 Å². The van der Waals surface area contributed by atoms with E-state index in [1.165, 1.54) is 24.1 Å². The average molecular weight is 209 g/mol. The summed E-state index contributed by atoms with van der Waals surface area (Å²) in [5.41, 5.74) is 0. The Morgan fingerprint density at radius 3 is 2.93 bits per heavy atom. The molecule has 1 aliphatic rings. The minimum Gasteiger partial charge on any atom is -0.306 e. The van der Waals surface area contributed by atoms with E-state index in [4.69, 9.17) is 0 Å². The van der Waals surface area contributed by atoms with Crippen LogP contribution in [-0.4, -0.2) is 6.04 Å². The van der Waals surface area contributed by atoms with Gasteiger partial charge in [0, 0.05) is 17.0 Å². The summed E-state index contributed by atoms with van der Waals surface area (Å²) in [6.07, 6.45) is 4.15. The van der Waals surface area contributed by atoms with Crippen LogP contribution in [-0.2, 0) is 0 Å². The smallest absolute Gasteiger partial charge is 0.0388 e. The number of hydrogen-bond donors (Lipinski definition) is 1. The molecule has 1 aromatic heterocycles. The maximum atomic E-state index is 3.74. The van der Waals surface area contributed by atoms with Gasteiger partial charge in [0.15, 0.2) is 0 Å². The third kappa shape index (κ3) is 2.18. The summed E-state index contributed by atoms with van der Waals surface area (Å²) >= 11 is 1.85. The van der Waals surface area contributed by atoms with Gasteiger partial charge in [-0.15, -0.1) is 11.3 Å². The van der Waals surface area contributed by atoms with Crippen LogP contribution in [0.5, 0.6) is 0 Å². The van der Waals surface area contributed by atoms with E-state index in [-0.39, 0.29) is 0 Å². The first kappa shape index (κ1) is 10.2. The molecule has 2 rings (SSSR count). The molecule has 0 spiro atoms. The maximum absolute atomic E-state index is 3.74. The van der Waals surface area contributed by atoms with Crippen molar-refractivity contribution < 1.29 is 0 Å². The van der Waals surface area contributed by atoms with E-state index >= 15 is 0 Å². The third-order valence-electron chi connectivity index (χ3n) is 3.30. The van der Waals surface area contributed by atoms with E-state index < -0.39 is 0 Å². The van der Waals surface area contributed by atoms with Crippen LogP contribution in [0.15, 0.2) is 17.5 Å². The highest BCUT2D eigenvalue weighted by Gasteiger charge is 2.24.